The third kappa shape index (κ3) is 2.93. The summed E-state index contributed by atoms with van der Waals surface area (Å²) in [5.41, 5.74) is 0. The van der Waals surface area contributed by atoms with E-state index in [1.54, 1.807) is 6.07 Å². The molecule has 1 rings (SSSR count). The van der Waals surface area contributed by atoms with Crippen molar-refractivity contribution in [1.82, 2.24) is 0 Å². The van der Waals surface area contributed by atoms with Gasteiger partial charge in [-0.1, -0.05) is 11.6 Å². The third-order valence-electron chi connectivity index (χ3n) is 1.34. The topological polar surface area (TPSA) is 37.3 Å². The molecule has 0 aliphatic heterocycles. The smallest absolute Gasteiger partial charge is 0.338 e. The van der Waals surface area contributed by atoms with Crippen molar-refractivity contribution >= 4 is 44.8 Å². The highest BCUT2D eigenvalue weighted by atomic mass is 79.9. The largest absolute Gasteiger partial charge is 0.479 e. The van der Waals surface area contributed by atoms with Gasteiger partial charge in [0.05, 0.1) is 0 Å². The first-order valence-electron chi connectivity index (χ1n) is 3.31. The quantitative estimate of drug-likeness (QED) is 0.927. The highest BCUT2D eigenvalue weighted by Crippen LogP contribution is 2.32. The van der Waals surface area contributed by atoms with Crippen molar-refractivity contribution in [1.29, 1.82) is 0 Å². The molecule has 0 saturated carbocycles. The van der Waals surface area contributed by atoms with Crippen LogP contribution in [0.2, 0.25) is 4.34 Å². The lowest BCUT2D eigenvalue weighted by Gasteiger charge is -1.98. The molecule has 1 heterocycles. The van der Waals surface area contributed by atoms with E-state index in [0.29, 0.717) is 13.7 Å². The molecular weight excluding hydrogens is 282 g/mol. The maximum atomic E-state index is 12.7. The lowest BCUT2D eigenvalue weighted by atomic mass is 10.2. The minimum atomic E-state index is -1.86. The zero-order valence-corrected chi connectivity index (χ0v) is 9.42. The fourth-order valence-electron chi connectivity index (χ4n) is 0.756. The summed E-state index contributed by atoms with van der Waals surface area (Å²) in [6.45, 7) is 0. The van der Waals surface area contributed by atoms with Crippen LogP contribution in [0.1, 0.15) is 4.88 Å². The number of hydrogen-bond donors (Lipinski definition) is 1. The second-order valence-corrected chi connectivity index (χ2v) is 4.94. The maximum Gasteiger partial charge on any atom is 0.338 e. The molecule has 0 bridgehead atoms. The van der Waals surface area contributed by atoms with Crippen LogP contribution in [0.5, 0.6) is 0 Å². The van der Waals surface area contributed by atoms with Crippen LogP contribution in [0.25, 0.3) is 0 Å². The molecule has 0 saturated heterocycles. The van der Waals surface area contributed by atoms with Crippen LogP contribution in [0.3, 0.4) is 0 Å². The lowest BCUT2D eigenvalue weighted by molar-refractivity contribution is -0.142. The van der Waals surface area contributed by atoms with Crippen LogP contribution in [0.4, 0.5) is 4.39 Å². The molecule has 1 aromatic heterocycles. The van der Waals surface area contributed by atoms with Crippen molar-refractivity contribution in [2.75, 3.05) is 0 Å². The molecule has 0 amide bonds. The Hall–Kier alpha value is -0.130. The highest BCUT2D eigenvalue weighted by Gasteiger charge is 2.18. The Morgan fingerprint density at radius 1 is 1.85 bits per heavy atom. The van der Waals surface area contributed by atoms with Crippen LogP contribution >= 0.6 is 38.9 Å². The van der Waals surface area contributed by atoms with Crippen molar-refractivity contribution in [2.24, 2.45) is 0 Å². The highest BCUT2D eigenvalue weighted by molar-refractivity contribution is 9.10. The molecule has 0 aromatic carbocycles. The second kappa shape index (κ2) is 4.39. The summed E-state index contributed by atoms with van der Waals surface area (Å²) in [5.74, 6) is -1.44. The standard InChI is InChI=1S/C7H5BrClFO2S/c8-4-1-3(13-6(4)9)2-5(10)7(11)12/h1,5H,2H2,(H,11,12). The van der Waals surface area contributed by atoms with Gasteiger partial charge in [0, 0.05) is 15.8 Å². The number of aliphatic carboxylic acids is 1. The van der Waals surface area contributed by atoms with E-state index in [2.05, 4.69) is 15.9 Å². The first-order chi connectivity index (χ1) is 6.00. The average molecular weight is 288 g/mol. The Balaban J connectivity index is 2.69. The van der Waals surface area contributed by atoms with Crippen LogP contribution in [-0.4, -0.2) is 17.2 Å². The predicted octanol–water partition coefficient (Wildman–Crippen LogP) is 3.13. The van der Waals surface area contributed by atoms with Crippen LogP contribution in [0.15, 0.2) is 10.5 Å². The zero-order valence-electron chi connectivity index (χ0n) is 6.26. The minimum Gasteiger partial charge on any atom is -0.479 e. The normalized spacial score (nSPS) is 12.8. The van der Waals surface area contributed by atoms with Gasteiger partial charge >= 0.3 is 5.97 Å². The molecular formula is C7H5BrClFO2S. The number of carboxylic acid groups (broad SMARTS) is 1. The van der Waals surface area contributed by atoms with Gasteiger partial charge in [0.2, 0.25) is 6.17 Å². The van der Waals surface area contributed by atoms with Gasteiger partial charge in [-0.3, -0.25) is 0 Å². The summed E-state index contributed by atoms with van der Waals surface area (Å²) in [4.78, 5) is 10.8. The first-order valence-corrected chi connectivity index (χ1v) is 5.30. The number of halogens is 3. The lowest BCUT2D eigenvalue weighted by Crippen LogP contribution is -2.16. The number of thiophene rings is 1. The van der Waals surface area contributed by atoms with Gasteiger partial charge in [0.1, 0.15) is 4.34 Å². The summed E-state index contributed by atoms with van der Waals surface area (Å²) in [6.07, 6.45) is -1.99. The molecule has 1 atom stereocenters. The summed E-state index contributed by atoms with van der Waals surface area (Å²) >= 11 is 10.0. The predicted molar refractivity (Wildman–Crippen MR) is 53.3 cm³/mol. The van der Waals surface area contributed by atoms with Gasteiger partial charge in [-0.15, -0.1) is 11.3 Å². The zero-order chi connectivity index (χ0) is 10.0. The van der Waals surface area contributed by atoms with Gasteiger partial charge < -0.3 is 5.11 Å². The van der Waals surface area contributed by atoms with E-state index in [1.165, 1.54) is 11.3 Å². The van der Waals surface area contributed by atoms with Crippen molar-refractivity contribution in [3.05, 3.63) is 19.8 Å². The average Bonchev–Trinajstić information content (AvgIpc) is 2.31. The maximum absolute atomic E-state index is 12.7. The van der Waals surface area contributed by atoms with Crippen LogP contribution < -0.4 is 0 Å². The summed E-state index contributed by atoms with van der Waals surface area (Å²) in [5, 5.41) is 8.30. The number of hydrogen-bond acceptors (Lipinski definition) is 2. The molecule has 0 radical (unpaired) electrons. The van der Waals surface area contributed by atoms with Gasteiger partial charge in [-0.05, 0) is 22.0 Å². The number of rotatable bonds is 3. The molecule has 0 aliphatic carbocycles. The third-order valence-corrected chi connectivity index (χ3v) is 3.84. The second-order valence-electron chi connectivity index (χ2n) is 2.34. The van der Waals surface area contributed by atoms with Gasteiger partial charge in [-0.2, -0.15) is 0 Å². The SMILES string of the molecule is O=C(O)C(F)Cc1cc(Br)c(Cl)s1. The Morgan fingerprint density at radius 3 is 2.85 bits per heavy atom. The van der Waals surface area contributed by atoms with E-state index in [1.807, 2.05) is 0 Å². The van der Waals surface area contributed by atoms with E-state index in [4.69, 9.17) is 16.7 Å². The summed E-state index contributed by atoms with van der Waals surface area (Å²) < 4.78 is 13.9. The molecule has 13 heavy (non-hydrogen) atoms. The van der Waals surface area contributed by atoms with E-state index in [9.17, 15) is 9.18 Å². The first kappa shape index (κ1) is 10.9. The summed E-state index contributed by atoms with van der Waals surface area (Å²) in [6, 6.07) is 1.63. The fourth-order valence-corrected chi connectivity index (χ4v) is 2.57. The Bertz CT molecular complexity index is 309. The van der Waals surface area contributed by atoms with Gasteiger partial charge in [0.25, 0.3) is 0 Å². The summed E-state index contributed by atoms with van der Waals surface area (Å²) in [7, 11) is 0. The number of carbonyl (C=O) groups is 1. The van der Waals surface area contributed by atoms with E-state index in [0.717, 1.165) is 0 Å². The number of alkyl halides is 1. The molecule has 72 valence electrons. The van der Waals surface area contributed by atoms with E-state index in [-0.39, 0.29) is 6.42 Å². The van der Waals surface area contributed by atoms with E-state index < -0.39 is 12.1 Å². The molecule has 0 fully saturated rings. The Kier molecular flexibility index (Phi) is 3.70. The Morgan fingerprint density at radius 2 is 2.46 bits per heavy atom. The van der Waals surface area contributed by atoms with Crippen molar-refractivity contribution in [3.8, 4) is 0 Å². The molecule has 1 aromatic rings. The van der Waals surface area contributed by atoms with Crippen molar-refractivity contribution < 1.29 is 14.3 Å². The molecule has 2 nitrogen and oxygen atoms in total. The van der Waals surface area contributed by atoms with Crippen molar-refractivity contribution in [2.45, 2.75) is 12.6 Å². The fraction of sp³-hybridized carbons (Fsp3) is 0.286. The number of carboxylic acids is 1. The molecule has 1 N–H and O–H groups in total. The minimum absolute atomic E-state index is 0.134. The van der Waals surface area contributed by atoms with E-state index >= 15 is 0 Å². The monoisotopic (exact) mass is 286 g/mol. The van der Waals surface area contributed by atoms with Gasteiger partial charge in [-0.25, -0.2) is 9.18 Å². The van der Waals surface area contributed by atoms with Crippen LogP contribution in [-0.2, 0) is 11.2 Å². The van der Waals surface area contributed by atoms with Crippen molar-refractivity contribution in [3.63, 3.8) is 0 Å². The van der Waals surface area contributed by atoms with Gasteiger partial charge in [0.15, 0.2) is 0 Å². The molecule has 6 heteroatoms. The molecule has 0 spiro atoms. The Labute approximate surface area is 91.5 Å². The molecule has 0 aliphatic rings. The molecule has 1 unspecified atom stereocenters. The van der Waals surface area contributed by atoms with Crippen LogP contribution in [0, 0.1) is 0 Å².